The molecule has 0 radical (unpaired) electrons. The molecule has 0 spiro atoms. The molecule has 3 aromatic heterocycles. The molecule has 0 unspecified atom stereocenters. The van der Waals surface area contributed by atoms with Crippen molar-refractivity contribution in [2.75, 3.05) is 11.9 Å². The van der Waals surface area contributed by atoms with Crippen LogP contribution < -0.4 is 4.90 Å². The van der Waals surface area contributed by atoms with Crippen LogP contribution in [0.3, 0.4) is 0 Å². The zero-order chi connectivity index (χ0) is 15.7. The Hall–Kier alpha value is -2.50. The molecular weight excluding hydrogens is 278 g/mol. The van der Waals surface area contributed by atoms with E-state index in [0.29, 0.717) is 17.1 Å². The maximum Gasteiger partial charge on any atom is 0.252 e. The molecule has 0 aliphatic rings. The van der Waals surface area contributed by atoms with E-state index < -0.39 is 0 Å². The lowest BCUT2D eigenvalue weighted by Crippen LogP contribution is -2.32. The first-order chi connectivity index (χ1) is 10.5. The molecule has 0 N–H and O–H groups in total. The first-order valence-corrected chi connectivity index (χ1v) is 7.27. The Bertz CT molecular complexity index is 798. The average Bonchev–Trinajstić information content (AvgIpc) is 2.86. The summed E-state index contributed by atoms with van der Waals surface area (Å²) in [6.07, 6.45) is 4.19. The average molecular weight is 297 g/mol. The number of likely N-dealkylation sites (N-methyl/N-ethyl adjacent to an activating group) is 1. The number of aryl methyl sites for hydroxylation is 2. The van der Waals surface area contributed by atoms with Crippen LogP contribution in [0.5, 0.6) is 0 Å². The van der Waals surface area contributed by atoms with E-state index in [9.17, 15) is 0 Å². The molecule has 22 heavy (non-hydrogen) atoms. The molecule has 0 aromatic carbocycles. The van der Waals surface area contributed by atoms with Gasteiger partial charge in [-0.1, -0.05) is 0 Å². The van der Waals surface area contributed by atoms with Crippen molar-refractivity contribution in [2.45, 2.75) is 33.2 Å². The van der Waals surface area contributed by atoms with Gasteiger partial charge in [0.05, 0.1) is 0 Å². The number of rotatable bonds is 4. The number of anilines is 1. The number of aromatic nitrogens is 4. The summed E-state index contributed by atoms with van der Waals surface area (Å²) < 4.78 is 5.47. The zero-order valence-electron chi connectivity index (χ0n) is 13.2. The summed E-state index contributed by atoms with van der Waals surface area (Å²) in [6, 6.07) is 4.34. The molecule has 0 aliphatic carbocycles. The number of oxazole rings is 1. The lowest BCUT2D eigenvalue weighted by molar-refractivity contribution is 0.551. The van der Waals surface area contributed by atoms with Gasteiger partial charge in [0.15, 0.2) is 17.2 Å². The second kappa shape index (κ2) is 5.71. The van der Waals surface area contributed by atoms with E-state index in [-0.39, 0.29) is 6.04 Å². The van der Waals surface area contributed by atoms with E-state index in [1.54, 1.807) is 0 Å². The van der Waals surface area contributed by atoms with Crippen molar-refractivity contribution in [1.29, 1.82) is 0 Å². The predicted molar refractivity (Wildman–Crippen MR) is 84.9 cm³/mol. The largest absolute Gasteiger partial charge is 0.422 e. The van der Waals surface area contributed by atoms with Crippen molar-refractivity contribution in [3.05, 3.63) is 41.8 Å². The molecule has 0 bridgehead atoms. The fraction of sp³-hybridized carbons (Fsp3) is 0.375. The maximum absolute atomic E-state index is 5.47. The van der Waals surface area contributed by atoms with E-state index in [1.807, 2.05) is 26.2 Å². The third-order valence-electron chi connectivity index (χ3n) is 3.75. The third kappa shape index (κ3) is 2.77. The highest BCUT2D eigenvalue weighted by Crippen LogP contribution is 2.24. The predicted octanol–water partition coefficient (Wildman–Crippen LogP) is 2.70. The van der Waals surface area contributed by atoms with Crippen LogP contribution in [-0.2, 0) is 6.42 Å². The lowest BCUT2D eigenvalue weighted by atomic mass is 10.1. The van der Waals surface area contributed by atoms with E-state index in [1.165, 1.54) is 11.9 Å². The van der Waals surface area contributed by atoms with Gasteiger partial charge in [-0.15, -0.1) is 0 Å². The Morgan fingerprint density at radius 1 is 1.23 bits per heavy atom. The summed E-state index contributed by atoms with van der Waals surface area (Å²) in [6.45, 7) is 6.03. The smallest absolute Gasteiger partial charge is 0.252 e. The minimum Gasteiger partial charge on any atom is -0.422 e. The zero-order valence-corrected chi connectivity index (χ0v) is 13.2. The topological polar surface area (TPSA) is 67.9 Å². The summed E-state index contributed by atoms with van der Waals surface area (Å²) in [7, 11) is 2.01. The number of fused-ring (bicyclic) bond motifs is 1. The Morgan fingerprint density at radius 2 is 2.05 bits per heavy atom. The monoisotopic (exact) mass is 297 g/mol. The van der Waals surface area contributed by atoms with Crippen LogP contribution in [0.15, 0.2) is 29.1 Å². The molecule has 3 heterocycles. The highest BCUT2D eigenvalue weighted by Gasteiger charge is 2.18. The van der Waals surface area contributed by atoms with Gasteiger partial charge in [-0.2, -0.15) is 4.98 Å². The van der Waals surface area contributed by atoms with Crippen molar-refractivity contribution in [3.8, 4) is 0 Å². The maximum atomic E-state index is 5.47. The van der Waals surface area contributed by atoms with Gasteiger partial charge >= 0.3 is 0 Å². The summed E-state index contributed by atoms with van der Waals surface area (Å²) in [4.78, 5) is 19.4. The fourth-order valence-corrected chi connectivity index (χ4v) is 2.46. The normalized spacial score (nSPS) is 12.5. The van der Waals surface area contributed by atoms with Gasteiger partial charge < -0.3 is 9.32 Å². The van der Waals surface area contributed by atoms with Gasteiger partial charge in [-0.25, -0.2) is 9.97 Å². The quantitative estimate of drug-likeness (QED) is 0.737. The van der Waals surface area contributed by atoms with E-state index in [0.717, 1.165) is 17.9 Å². The second-order valence-electron chi connectivity index (χ2n) is 5.57. The van der Waals surface area contributed by atoms with Crippen LogP contribution in [0.1, 0.15) is 24.1 Å². The molecule has 0 saturated heterocycles. The van der Waals surface area contributed by atoms with Crippen LogP contribution >= 0.6 is 0 Å². The van der Waals surface area contributed by atoms with Gasteiger partial charge in [0.25, 0.3) is 5.71 Å². The lowest BCUT2D eigenvalue weighted by Gasteiger charge is -2.25. The second-order valence-corrected chi connectivity index (χ2v) is 5.57. The first kappa shape index (κ1) is 14.4. The van der Waals surface area contributed by atoms with Gasteiger partial charge in [0.1, 0.15) is 6.33 Å². The Labute approximate surface area is 129 Å². The van der Waals surface area contributed by atoms with Crippen LogP contribution in [0.25, 0.3) is 11.2 Å². The van der Waals surface area contributed by atoms with Crippen LogP contribution in [0.2, 0.25) is 0 Å². The summed E-state index contributed by atoms with van der Waals surface area (Å²) >= 11 is 0. The molecule has 6 heteroatoms. The molecule has 6 nitrogen and oxygen atoms in total. The Morgan fingerprint density at radius 3 is 2.82 bits per heavy atom. The van der Waals surface area contributed by atoms with Crippen molar-refractivity contribution in [2.24, 2.45) is 0 Å². The number of pyridine rings is 1. The minimum absolute atomic E-state index is 0.226. The van der Waals surface area contributed by atoms with Gasteiger partial charge in [-0.3, -0.25) is 4.98 Å². The van der Waals surface area contributed by atoms with Crippen molar-refractivity contribution < 1.29 is 4.42 Å². The van der Waals surface area contributed by atoms with Crippen molar-refractivity contribution >= 4 is 17.0 Å². The fourth-order valence-electron chi connectivity index (χ4n) is 2.46. The highest BCUT2D eigenvalue weighted by atomic mass is 16.4. The SMILES string of the molecule is Cc1ccnc(C[C@@H](C)N(C)c2ncnc3oc(C)nc23)c1. The Balaban J connectivity index is 1.87. The van der Waals surface area contributed by atoms with E-state index in [2.05, 4.69) is 44.7 Å². The third-order valence-corrected chi connectivity index (χ3v) is 3.75. The molecular formula is C16H19N5O. The summed E-state index contributed by atoms with van der Waals surface area (Å²) in [5.74, 6) is 1.38. The van der Waals surface area contributed by atoms with Gasteiger partial charge in [-0.05, 0) is 31.5 Å². The summed E-state index contributed by atoms with van der Waals surface area (Å²) in [5.41, 5.74) is 3.51. The molecule has 0 aliphatic heterocycles. The Kier molecular flexibility index (Phi) is 3.75. The number of hydrogen-bond acceptors (Lipinski definition) is 6. The molecule has 0 saturated carbocycles. The molecule has 3 aromatic rings. The van der Waals surface area contributed by atoms with Crippen LogP contribution in [-0.4, -0.2) is 33.0 Å². The van der Waals surface area contributed by atoms with Crippen LogP contribution in [0, 0.1) is 13.8 Å². The van der Waals surface area contributed by atoms with E-state index in [4.69, 9.17) is 4.42 Å². The standard InChI is InChI=1S/C16H19N5O/c1-10-5-6-17-13(7-10)8-11(2)21(4)15-14-16(19-9-18-15)22-12(3)20-14/h5-7,9,11H,8H2,1-4H3/t11-/m1/s1. The minimum atomic E-state index is 0.226. The first-order valence-electron chi connectivity index (χ1n) is 7.27. The number of hydrogen-bond donors (Lipinski definition) is 0. The van der Waals surface area contributed by atoms with E-state index >= 15 is 0 Å². The molecule has 0 fully saturated rings. The van der Waals surface area contributed by atoms with Gasteiger partial charge in [0, 0.05) is 38.3 Å². The van der Waals surface area contributed by atoms with Crippen molar-refractivity contribution in [3.63, 3.8) is 0 Å². The van der Waals surface area contributed by atoms with Crippen LogP contribution in [0.4, 0.5) is 5.82 Å². The summed E-state index contributed by atoms with van der Waals surface area (Å²) in [5, 5.41) is 0. The molecule has 1 atom stereocenters. The molecule has 0 amide bonds. The highest BCUT2D eigenvalue weighted by molar-refractivity contribution is 5.81. The van der Waals surface area contributed by atoms with Gasteiger partial charge in [0.2, 0.25) is 0 Å². The van der Waals surface area contributed by atoms with Crippen molar-refractivity contribution in [1.82, 2.24) is 19.9 Å². The molecule has 114 valence electrons. The molecule has 3 rings (SSSR count). The number of nitrogens with zero attached hydrogens (tertiary/aromatic N) is 5.